The second kappa shape index (κ2) is 54.9. The Kier molecular flexibility index (Phi) is 55.9. The van der Waals surface area contributed by atoms with Crippen molar-refractivity contribution in [2.75, 3.05) is 13.2 Å². The van der Waals surface area contributed by atoms with Gasteiger partial charge >= 0.3 is 11.9 Å². The molecule has 0 aliphatic carbocycles. The Morgan fingerprint density at radius 3 is 0.596 bits per heavy atom. The Morgan fingerprint density at radius 2 is 0.386 bits per heavy atom. The lowest BCUT2D eigenvalue weighted by molar-refractivity contribution is -0.144. The van der Waals surface area contributed by atoms with Gasteiger partial charge in [0.05, 0.1) is 13.2 Å². The SMILES string of the molecule is CCCCCCCCCCCCCCCCCCOC(=O)CCCCCC.CCCCCCCCCCCCCCOC(=O)CCCCCCCCCCCCC. The third-order valence-electron chi connectivity index (χ3n) is 11.7. The summed E-state index contributed by atoms with van der Waals surface area (Å²) in [7, 11) is 0. The third kappa shape index (κ3) is 57.1. The van der Waals surface area contributed by atoms with Crippen LogP contribution >= 0.6 is 0 Å². The summed E-state index contributed by atoms with van der Waals surface area (Å²) in [6.45, 7) is 10.3. The zero-order chi connectivity index (χ0) is 41.8. The van der Waals surface area contributed by atoms with Gasteiger partial charge in [0, 0.05) is 12.8 Å². The van der Waals surface area contributed by atoms with Crippen molar-refractivity contribution in [1.29, 1.82) is 0 Å². The zero-order valence-corrected chi connectivity index (χ0v) is 39.9. The van der Waals surface area contributed by atoms with E-state index in [0.29, 0.717) is 26.1 Å². The van der Waals surface area contributed by atoms with Crippen LogP contribution in [0.4, 0.5) is 0 Å². The monoisotopic (exact) mass is 807 g/mol. The Bertz CT molecular complexity index is 736. The molecule has 4 heteroatoms. The minimum absolute atomic E-state index is 0.00654. The van der Waals surface area contributed by atoms with E-state index in [1.54, 1.807) is 0 Å². The first-order chi connectivity index (χ1) is 28.1. The number of hydrogen-bond acceptors (Lipinski definition) is 4. The topological polar surface area (TPSA) is 52.6 Å². The van der Waals surface area contributed by atoms with Gasteiger partial charge < -0.3 is 9.47 Å². The van der Waals surface area contributed by atoms with Gasteiger partial charge in [-0.3, -0.25) is 9.59 Å². The van der Waals surface area contributed by atoms with Gasteiger partial charge in [-0.1, -0.05) is 278 Å². The van der Waals surface area contributed by atoms with Crippen LogP contribution in [0, 0.1) is 0 Å². The van der Waals surface area contributed by atoms with Crippen LogP contribution in [0.25, 0.3) is 0 Å². The number of carbonyl (C=O) groups excluding carboxylic acids is 2. The van der Waals surface area contributed by atoms with E-state index in [4.69, 9.17) is 9.47 Å². The highest BCUT2D eigenvalue weighted by Crippen LogP contribution is 2.16. The van der Waals surface area contributed by atoms with E-state index in [2.05, 4.69) is 27.7 Å². The molecule has 0 aromatic heterocycles. The highest BCUT2D eigenvalue weighted by molar-refractivity contribution is 5.69. The fourth-order valence-corrected chi connectivity index (χ4v) is 7.74. The minimum Gasteiger partial charge on any atom is -0.466 e. The summed E-state index contributed by atoms with van der Waals surface area (Å²) in [6.07, 6.45) is 58.5. The molecule has 0 amide bonds. The molecule has 0 N–H and O–H groups in total. The smallest absolute Gasteiger partial charge is 0.305 e. The van der Waals surface area contributed by atoms with Crippen LogP contribution in [0.3, 0.4) is 0 Å². The zero-order valence-electron chi connectivity index (χ0n) is 39.9. The van der Waals surface area contributed by atoms with Crippen molar-refractivity contribution in [3.05, 3.63) is 0 Å². The molecule has 0 rings (SSSR count). The molecule has 0 aromatic carbocycles. The molecule has 0 aliphatic heterocycles. The lowest BCUT2D eigenvalue weighted by Crippen LogP contribution is -2.05. The van der Waals surface area contributed by atoms with Crippen molar-refractivity contribution < 1.29 is 19.1 Å². The van der Waals surface area contributed by atoms with Gasteiger partial charge in [0.25, 0.3) is 0 Å². The summed E-state index contributed by atoms with van der Waals surface area (Å²) in [6, 6.07) is 0. The maximum absolute atomic E-state index is 11.8. The molecule has 0 fully saturated rings. The number of carbonyl (C=O) groups is 2. The van der Waals surface area contributed by atoms with E-state index in [9.17, 15) is 9.59 Å². The second-order valence-electron chi connectivity index (χ2n) is 17.7. The molecule has 0 saturated heterocycles. The number of unbranched alkanes of at least 4 members (excludes halogenated alkanes) is 39. The third-order valence-corrected chi connectivity index (χ3v) is 11.7. The number of ether oxygens (including phenoxy) is 2. The fourth-order valence-electron chi connectivity index (χ4n) is 7.74. The molecule has 0 aromatic rings. The lowest BCUT2D eigenvalue weighted by Gasteiger charge is -2.06. The number of esters is 2. The van der Waals surface area contributed by atoms with Gasteiger partial charge in [0.1, 0.15) is 0 Å². The summed E-state index contributed by atoms with van der Waals surface area (Å²) in [5.74, 6) is 0.0288. The highest BCUT2D eigenvalue weighted by atomic mass is 16.5. The molecular formula is C53H106O4. The van der Waals surface area contributed by atoms with Gasteiger partial charge in [-0.15, -0.1) is 0 Å². The van der Waals surface area contributed by atoms with Crippen LogP contribution < -0.4 is 0 Å². The number of hydrogen-bond donors (Lipinski definition) is 0. The van der Waals surface area contributed by atoms with Crippen molar-refractivity contribution in [3.63, 3.8) is 0 Å². The van der Waals surface area contributed by atoms with Crippen LogP contribution in [0.2, 0.25) is 0 Å². The van der Waals surface area contributed by atoms with Crippen LogP contribution in [0.5, 0.6) is 0 Å². The first kappa shape index (κ1) is 58.0. The van der Waals surface area contributed by atoms with Gasteiger partial charge in [0.15, 0.2) is 0 Å². The Balaban J connectivity index is 0. The van der Waals surface area contributed by atoms with Crippen molar-refractivity contribution >= 4 is 11.9 Å². The van der Waals surface area contributed by atoms with E-state index in [0.717, 1.165) is 32.1 Å². The maximum Gasteiger partial charge on any atom is 0.305 e. The first-order valence-electron chi connectivity index (χ1n) is 26.4. The molecule has 0 bridgehead atoms. The molecule has 0 saturated carbocycles. The molecule has 57 heavy (non-hydrogen) atoms. The molecule has 0 atom stereocenters. The maximum atomic E-state index is 11.8. The molecule has 0 heterocycles. The molecule has 0 unspecified atom stereocenters. The van der Waals surface area contributed by atoms with Gasteiger partial charge in [-0.05, 0) is 25.7 Å². The molecule has 0 radical (unpaired) electrons. The predicted octanol–water partition coefficient (Wildman–Crippen LogP) is 18.7. The molecule has 342 valence electrons. The van der Waals surface area contributed by atoms with E-state index < -0.39 is 0 Å². The average molecular weight is 807 g/mol. The van der Waals surface area contributed by atoms with Gasteiger partial charge in [-0.25, -0.2) is 0 Å². The quantitative estimate of drug-likeness (QED) is 0.0454. The van der Waals surface area contributed by atoms with Crippen LogP contribution in [0.1, 0.15) is 317 Å². The largest absolute Gasteiger partial charge is 0.466 e. The van der Waals surface area contributed by atoms with Crippen molar-refractivity contribution in [3.8, 4) is 0 Å². The fraction of sp³-hybridized carbons (Fsp3) is 0.962. The van der Waals surface area contributed by atoms with E-state index in [-0.39, 0.29) is 11.9 Å². The van der Waals surface area contributed by atoms with E-state index in [1.165, 1.54) is 244 Å². The standard InChI is InChI=1S/C28H56O2.C25H50O2/c1-3-5-7-9-11-13-15-17-19-21-23-25-27-30-28(29)26-24-22-20-18-16-14-12-10-8-6-4-2;1-3-5-7-9-10-11-12-13-14-15-16-17-18-19-20-22-24-27-25(26)23-21-8-6-4-2/h3-27H2,1-2H3;3-24H2,1-2H3. The molecule has 0 spiro atoms. The first-order valence-corrected chi connectivity index (χ1v) is 26.4. The minimum atomic E-state index is 0.00654. The Morgan fingerprint density at radius 1 is 0.228 bits per heavy atom. The normalized spacial score (nSPS) is 11.1. The highest BCUT2D eigenvalue weighted by Gasteiger charge is 2.04. The van der Waals surface area contributed by atoms with E-state index in [1.807, 2.05) is 0 Å². The Labute approximate surface area is 359 Å². The van der Waals surface area contributed by atoms with Crippen molar-refractivity contribution in [2.24, 2.45) is 0 Å². The summed E-state index contributed by atoms with van der Waals surface area (Å²) >= 11 is 0. The van der Waals surface area contributed by atoms with E-state index >= 15 is 0 Å². The Hall–Kier alpha value is -1.06. The molecule has 0 aliphatic rings. The van der Waals surface area contributed by atoms with Crippen LogP contribution in [-0.2, 0) is 19.1 Å². The average Bonchev–Trinajstić information content (AvgIpc) is 3.21. The van der Waals surface area contributed by atoms with Gasteiger partial charge in [0.2, 0.25) is 0 Å². The van der Waals surface area contributed by atoms with Crippen molar-refractivity contribution in [2.45, 2.75) is 317 Å². The second-order valence-corrected chi connectivity index (χ2v) is 17.7. The van der Waals surface area contributed by atoms with Crippen LogP contribution in [0.15, 0.2) is 0 Å². The number of rotatable bonds is 47. The summed E-state index contributed by atoms with van der Waals surface area (Å²) < 4.78 is 10.7. The van der Waals surface area contributed by atoms with Crippen molar-refractivity contribution in [1.82, 2.24) is 0 Å². The molecule has 4 nitrogen and oxygen atoms in total. The lowest BCUT2D eigenvalue weighted by atomic mass is 10.0. The molecular weight excluding hydrogens is 701 g/mol. The van der Waals surface area contributed by atoms with Gasteiger partial charge in [-0.2, -0.15) is 0 Å². The summed E-state index contributed by atoms with van der Waals surface area (Å²) in [5, 5.41) is 0. The summed E-state index contributed by atoms with van der Waals surface area (Å²) in [4.78, 5) is 23.3. The predicted molar refractivity (Wildman–Crippen MR) is 252 cm³/mol. The summed E-state index contributed by atoms with van der Waals surface area (Å²) in [5.41, 5.74) is 0. The van der Waals surface area contributed by atoms with Crippen LogP contribution in [-0.4, -0.2) is 25.2 Å².